The summed E-state index contributed by atoms with van der Waals surface area (Å²) in [5, 5.41) is 11.8. The molecule has 1 heterocycles. The number of hydrogen-bond acceptors (Lipinski definition) is 5. The quantitative estimate of drug-likeness (QED) is 0.419. The highest BCUT2D eigenvalue weighted by molar-refractivity contribution is 5.78. The molecular formula is C12H23N3O4. The molecule has 0 aliphatic carbocycles. The van der Waals surface area contributed by atoms with Crippen molar-refractivity contribution in [3.8, 4) is 0 Å². The highest BCUT2D eigenvalue weighted by Crippen LogP contribution is 2.18. The van der Waals surface area contributed by atoms with Crippen LogP contribution >= 0.6 is 0 Å². The number of nitrogens with zero attached hydrogens (tertiary/aromatic N) is 2. The van der Waals surface area contributed by atoms with Gasteiger partial charge in [-0.2, -0.15) is 0 Å². The molecule has 0 unspecified atom stereocenters. The van der Waals surface area contributed by atoms with Gasteiger partial charge in [0.15, 0.2) is 0 Å². The molecule has 0 aromatic carbocycles. The van der Waals surface area contributed by atoms with Crippen LogP contribution < -0.4 is 5.32 Å². The molecule has 1 aliphatic rings. The molecule has 0 atom stereocenters. The van der Waals surface area contributed by atoms with Crippen molar-refractivity contribution in [3.63, 3.8) is 0 Å². The van der Waals surface area contributed by atoms with E-state index in [0.717, 1.165) is 32.5 Å². The third kappa shape index (κ3) is 6.37. The van der Waals surface area contributed by atoms with Gasteiger partial charge in [0.25, 0.3) is 5.09 Å². The summed E-state index contributed by atoms with van der Waals surface area (Å²) in [6.07, 6.45) is 1.71. The lowest BCUT2D eigenvalue weighted by molar-refractivity contribution is -0.757. The molecule has 1 N–H and O–H groups in total. The van der Waals surface area contributed by atoms with Gasteiger partial charge in [-0.15, -0.1) is 10.1 Å². The monoisotopic (exact) mass is 273 g/mol. The smallest absolute Gasteiger partial charge is 0.294 e. The van der Waals surface area contributed by atoms with Crippen molar-refractivity contribution in [2.24, 2.45) is 11.8 Å². The van der Waals surface area contributed by atoms with Crippen molar-refractivity contribution in [1.82, 2.24) is 10.2 Å². The Labute approximate surface area is 113 Å². The second-order valence-electron chi connectivity index (χ2n) is 5.32. The molecule has 110 valence electrons. The van der Waals surface area contributed by atoms with Crippen molar-refractivity contribution >= 4 is 5.91 Å². The van der Waals surface area contributed by atoms with Gasteiger partial charge in [0.2, 0.25) is 5.91 Å². The number of carbonyl (C=O) groups excluding carboxylic acids is 1. The first-order valence-corrected chi connectivity index (χ1v) is 6.76. The van der Waals surface area contributed by atoms with Crippen LogP contribution in [-0.2, 0) is 9.63 Å². The summed E-state index contributed by atoms with van der Waals surface area (Å²) < 4.78 is 0. The van der Waals surface area contributed by atoms with Crippen molar-refractivity contribution in [2.45, 2.75) is 26.7 Å². The van der Waals surface area contributed by atoms with Crippen LogP contribution in [0.1, 0.15) is 26.7 Å². The Kier molecular flexibility index (Phi) is 6.55. The van der Waals surface area contributed by atoms with Crippen LogP contribution in [0, 0.1) is 22.0 Å². The summed E-state index contributed by atoms with van der Waals surface area (Å²) in [7, 11) is 0. The maximum atomic E-state index is 11.8. The summed E-state index contributed by atoms with van der Waals surface area (Å²) in [6.45, 7) is 7.44. The average molecular weight is 273 g/mol. The van der Waals surface area contributed by atoms with E-state index in [0.29, 0.717) is 5.92 Å². The molecule has 1 fully saturated rings. The predicted molar refractivity (Wildman–Crippen MR) is 70.0 cm³/mol. The van der Waals surface area contributed by atoms with Crippen molar-refractivity contribution in [2.75, 3.05) is 32.8 Å². The molecule has 19 heavy (non-hydrogen) atoms. The molecular weight excluding hydrogens is 250 g/mol. The molecule has 0 aromatic rings. The van der Waals surface area contributed by atoms with Crippen LogP contribution in [-0.4, -0.2) is 48.7 Å². The Balaban J connectivity index is 2.16. The average Bonchev–Trinajstić information content (AvgIpc) is 2.34. The fourth-order valence-electron chi connectivity index (χ4n) is 2.33. The van der Waals surface area contributed by atoms with Crippen molar-refractivity contribution in [1.29, 1.82) is 0 Å². The van der Waals surface area contributed by atoms with Gasteiger partial charge in [-0.05, 0) is 31.8 Å². The fourth-order valence-corrected chi connectivity index (χ4v) is 2.33. The first-order chi connectivity index (χ1) is 8.99. The van der Waals surface area contributed by atoms with E-state index >= 15 is 0 Å². The molecule has 0 bridgehead atoms. The molecule has 7 nitrogen and oxygen atoms in total. The molecule has 1 rings (SSSR count). The zero-order valence-corrected chi connectivity index (χ0v) is 11.6. The van der Waals surface area contributed by atoms with Crippen molar-refractivity contribution < 1.29 is 14.7 Å². The zero-order chi connectivity index (χ0) is 14.3. The van der Waals surface area contributed by atoms with Gasteiger partial charge in [-0.3, -0.25) is 4.79 Å². The second kappa shape index (κ2) is 7.93. The first-order valence-electron chi connectivity index (χ1n) is 6.76. The molecule has 1 aliphatic heterocycles. The van der Waals surface area contributed by atoms with Gasteiger partial charge in [-0.1, -0.05) is 13.8 Å². The lowest BCUT2D eigenvalue weighted by Crippen LogP contribution is -2.42. The van der Waals surface area contributed by atoms with Crippen LogP contribution in [0.5, 0.6) is 0 Å². The van der Waals surface area contributed by atoms with Crippen LogP contribution in [0.15, 0.2) is 0 Å². The third-order valence-electron chi connectivity index (χ3n) is 3.18. The second-order valence-corrected chi connectivity index (χ2v) is 5.32. The molecule has 0 aromatic heterocycles. The minimum Gasteiger partial charge on any atom is -0.354 e. The summed E-state index contributed by atoms with van der Waals surface area (Å²) in [6, 6.07) is 0. The Morgan fingerprint density at radius 2 is 2.11 bits per heavy atom. The van der Waals surface area contributed by atoms with Gasteiger partial charge < -0.3 is 15.1 Å². The largest absolute Gasteiger partial charge is 0.354 e. The van der Waals surface area contributed by atoms with Gasteiger partial charge in [0, 0.05) is 19.0 Å². The number of hydrogen-bond donors (Lipinski definition) is 1. The third-order valence-corrected chi connectivity index (χ3v) is 3.18. The maximum absolute atomic E-state index is 11.8. The van der Waals surface area contributed by atoms with E-state index in [1.807, 2.05) is 0 Å². The Morgan fingerprint density at radius 3 is 2.63 bits per heavy atom. The van der Waals surface area contributed by atoms with Gasteiger partial charge in [0.1, 0.15) is 6.61 Å². The molecule has 0 radical (unpaired) electrons. The summed E-state index contributed by atoms with van der Waals surface area (Å²) in [4.78, 5) is 28.3. The number of carbonyl (C=O) groups is 1. The van der Waals surface area contributed by atoms with E-state index in [-0.39, 0.29) is 25.0 Å². The normalized spacial score (nSPS) is 17.4. The topological polar surface area (TPSA) is 84.7 Å². The highest BCUT2D eigenvalue weighted by atomic mass is 16.9. The van der Waals surface area contributed by atoms with E-state index in [4.69, 9.17) is 0 Å². The van der Waals surface area contributed by atoms with Crippen LogP contribution in [0.4, 0.5) is 0 Å². The standard InChI is InChI=1S/C12H23N3O4/c1-10(2)9-14-6-3-11(4-7-14)12(16)13-5-8-19-15(17)18/h10-11H,3-9H2,1-2H3,(H,13,16). The van der Waals surface area contributed by atoms with E-state index in [2.05, 4.69) is 28.9 Å². The minimum atomic E-state index is -0.851. The van der Waals surface area contributed by atoms with Crippen molar-refractivity contribution in [3.05, 3.63) is 10.1 Å². The molecule has 0 spiro atoms. The summed E-state index contributed by atoms with van der Waals surface area (Å²) >= 11 is 0. The number of rotatable bonds is 7. The van der Waals surface area contributed by atoms with E-state index in [1.54, 1.807) is 0 Å². The van der Waals surface area contributed by atoms with Gasteiger partial charge in [-0.25, -0.2) is 0 Å². The molecule has 7 heteroatoms. The fraction of sp³-hybridized carbons (Fsp3) is 0.917. The summed E-state index contributed by atoms with van der Waals surface area (Å²) in [5.41, 5.74) is 0. The molecule has 1 amide bonds. The maximum Gasteiger partial charge on any atom is 0.294 e. The Bertz CT molecular complexity index is 301. The number of likely N-dealkylation sites (tertiary alicyclic amines) is 1. The van der Waals surface area contributed by atoms with Crippen LogP contribution in [0.3, 0.4) is 0 Å². The van der Waals surface area contributed by atoms with Crippen LogP contribution in [0.25, 0.3) is 0 Å². The highest BCUT2D eigenvalue weighted by Gasteiger charge is 2.24. The number of piperidine rings is 1. The Morgan fingerprint density at radius 1 is 1.47 bits per heavy atom. The van der Waals surface area contributed by atoms with Gasteiger partial charge >= 0.3 is 0 Å². The SMILES string of the molecule is CC(C)CN1CCC(C(=O)NCCO[N+](=O)[O-])CC1. The predicted octanol–water partition coefficient (Wildman–Crippen LogP) is 0.679. The first kappa shape index (κ1) is 15.7. The number of nitrogens with one attached hydrogen (secondary N) is 1. The van der Waals surface area contributed by atoms with Crippen LogP contribution in [0.2, 0.25) is 0 Å². The van der Waals surface area contributed by atoms with E-state index < -0.39 is 5.09 Å². The zero-order valence-electron chi connectivity index (χ0n) is 11.6. The Hall–Kier alpha value is -1.37. The molecule has 0 saturated carbocycles. The summed E-state index contributed by atoms with van der Waals surface area (Å²) in [5.74, 6) is 0.653. The lowest BCUT2D eigenvalue weighted by Gasteiger charge is -2.32. The minimum absolute atomic E-state index is 0.0175. The lowest BCUT2D eigenvalue weighted by atomic mass is 9.95. The number of amides is 1. The molecule has 1 saturated heterocycles. The van der Waals surface area contributed by atoms with Gasteiger partial charge in [0.05, 0.1) is 0 Å². The van der Waals surface area contributed by atoms with E-state index in [9.17, 15) is 14.9 Å². The van der Waals surface area contributed by atoms with E-state index in [1.165, 1.54) is 0 Å².